The monoisotopic (exact) mass is 474 g/mol. The van der Waals surface area contributed by atoms with Gasteiger partial charge in [0.2, 0.25) is 5.91 Å². The van der Waals surface area contributed by atoms with Crippen LogP contribution in [0.1, 0.15) is 44.1 Å². The highest BCUT2D eigenvalue weighted by molar-refractivity contribution is 5.85. The molecule has 1 aliphatic heterocycles. The molecule has 9 heteroatoms. The molecule has 5 nitrogen and oxygen atoms in total. The molecule has 1 aromatic rings. The second-order valence-electron chi connectivity index (χ2n) is 9.38. The zero-order valence-corrected chi connectivity index (χ0v) is 19.2. The molecule has 0 radical (unpaired) electrons. The lowest BCUT2D eigenvalue weighted by molar-refractivity contribution is -0.136. The first-order valence-electron chi connectivity index (χ1n) is 11.5. The van der Waals surface area contributed by atoms with Gasteiger partial charge in [-0.3, -0.25) is 9.69 Å². The smallest absolute Gasteiger partial charge is 0.398 e. The van der Waals surface area contributed by atoms with Gasteiger partial charge in [-0.05, 0) is 68.7 Å². The Morgan fingerprint density at radius 1 is 1.09 bits per heavy atom. The molecule has 0 spiro atoms. The number of nitrogens with one attached hydrogen (secondary N) is 1. The summed E-state index contributed by atoms with van der Waals surface area (Å²) in [6, 6.07) is 4.17. The molecule has 2 saturated carbocycles. The third kappa shape index (κ3) is 5.81. The number of hydrogen-bond acceptors (Lipinski definition) is 4. The zero-order chi connectivity index (χ0) is 22.0. The molecule has 0 aromatic heterocycles. The Hall–Kier alpha value is -1.67. The van der Waals surface area contributed by atoms with Crippen molar-refractivity contribution >= 4 is 29.7 Å². The van der Waals surface area contributed by atoms with Crippen LogP contribution in [0.2, 0.25) is 0 Å². The Kier molecular flexibility index (Phi) is 8.20. The second kappa shape index (κ2) is 10.5. The summed E-state index contributed by atoms with van der Waals surface area (Å²) in [6.45, 7) is 4.72. The topological polar surface area (TPSA) is 61.6 Å². The Labute approximate surface area is 194 Å². The molecule has 1 saturated heterocycles. The fraction of sp³-hybridized carbons (Fsp3) is 0.696. The lowest BCUT2D eigenvalue weighted by Crippen LogP contribution is -2.46. The number of carbonyl (C=O) groups is 1. The first-order chi connectivity index (χ1) is 14.8. The van der Waals surface area contributed by atoms with Crippen LogP contribution in [0.3, 0.4) is 0 Å². The minimum atomic E-state index is -4.44. The van der Waals surface area contributed by atoms with E-state index < -0.39 is 11.7 Å². The lowest BCUT2D eigenvalue weighted by atomic mass is 9.88. The van der Waals surface area contributed by atoms with E-state index in [1.54, 1.807) is 6.07 Å². The minimum Gasteiger partial charge on any atom is -0.398 e. The van der Waals surface area contributed by atoms with Gasteiger partial charge in [0.15, 0.2) is 0 Å². The number of anilines is 2. The number of amides is 1. The molecule has 1 aromatic carbocycles. The summed E-state index contributed by atoms with van der Waals surface area (Å²) < 4.78 is 39.3. The molecule has 1 amide bonds. The first kappa shape index (κ1) is 25.0. The van der Waals surface area contributed by atoms with Crippen molar-refractivity contribution in [2.75, 3.05) is 49.9 Å². The molecular formula is C23H34ClF3N4O. The van der Waals surface area contributed by atoms with Crippen LogP contribution in [-0.4, -0.2) is 50.1 Å². The number of benzene rings is 1. The third-order valence-corrected chi connectivity index (χ3v) is 7.35. The molecule has 2 aliphatic carbocycles. The number of nitrogen functional groups attached to an aromatic ring is 1. The van der Waals surface area contributed by atoms with E-state index >= 15 is 0 Å². The number of rotatable bonds is 7. The number of fused-ring (bicyclic) bond motifs is 2. The van der Waals surface area contributed by atoms with Crippen molar-refractivity contribution in [3.63, 3.8) is 0 Å². The number of hydrogen-bond donors (Lipinski definition) is 2. The lowest BCUT2D eigenvalue weighted by Gasteiger charge is -2.36. The van der Waals surface area contributed by atoms with Crippen molar-refractivity contribution in [1.82, 2.24) is 10.2 Å². The number of halogens is 4. The molecule has 180 valence electrons. The third-order valence-electron chi connectivity index (χ3n) is 7.35. The Balaban J connectivity index is 0.00000289. The summed E-state index contributed by atoms with van der Waals surface area (Å²) in [5.41, 5.74) is 5.08. The normalized spacial score (nSPS) is 25.6. The van der Waals surface area contributed by atoms with Crippen molar-refractivity contribution in [2.45, 2.75) is 44.7 Å². The quantitative estimate of drug-likeness (QED) is 0.460. The average Bonchev–Trinajstić information content (AvgIpc) is 3.37. The number of piperazine rings is 1. The highest BCUT2D eigenvalue weighted by atomic mass is 35.5. The summed E-state index contributed by atoms with van der Waals surface area (Å²) in [7, 11) is 0. The van der Waals surface area contributed by atoms with E-state index in [-0.39, 0.29) is 29.9 Å². The molecule has 3 fully saturated rings. The summed E-state index contributed by atoms with van der Waals surface area (Å²) >= 11 is 0. The van der Waals surface area contributed by atoms with Gasteiger partial charge in [-0.1, -0.05) is 6.42 Å². The van der Waals surface area contributed by atoms with Gasteiger partial charge in [0, 0.05) is 50.0 Å². The van der Waals surface area contributed by atoms with Crippen LogP contribution < -0.4 is 16.0 Å². The predicted molar refractivity (Wildman–Crippen MR) is 123 cm³/mol. The molecule has 3 aliphatic rings. The number of unbranched alkanes of at least 4 members (excludes halogenated alkanes) is 1. The van der Waals surface area contributed by atoms with Crippen molar-refractivity contribution in [2.24, 2.45) is 17.8 Å². The van der Waals surface area contributed by atoms with Gasteiger partial charge in [-0.25, -0.2) is 0 Å². The van der Waals surface area contributed by atoms with E-state index in [0.29, 0.717) is 24.7 Å². The Morgan fingerprint density at radius 3 is 2.47 bits per heavy atom. The van der Waals surface area contributed by atoms with E-state index in [0.717, 1.165) is 57.4 Å². The maximum atomic E-state index is 13.1. The highest BCUT2D eigenvalue weighted by Gasteiger charge is 2.42. The van der Waals surface area contributed by atoms with Crippen LogP contribution >= 0.6 is 12.4 Å². The molecule has 3 unspecified atom stereocenters. The van der Waals surface area contributed by atoms with Gasteiger partial charge in [-0.15, -0.1) is 12.4 Å². The van der Waals surface area contributed by atoms with Crippen molar-refractivity contribution in [3.8, 4) is 0 Å². The van der Waals surface area contributed by atoms with Crippen LogP contribution in [0.15, 0.2) is 18.2 Å². The van der Waals surface area contributed by atoms with Crippen molar-refractivity contribution in [3.05, 3.63) is 23.8 Å². The van der Waals surface area contributed by atoms with Crippen molar-refractivity contribution < 1.29 is 18.0 Å². The summed E-state index contributed by atoms with van der Waals surface area (Å²) in [4.78, 5) is 16.7. The highest BCUT2D eigenvalue weighted by Crippen LogP contribution is 2.48. The largest absolute Gasteiger partial charge is 0.418 e. The summed E-state index contributed by atoms with van der Waals surface area (Å²) in [6.07, 6.45) is 2.40. The van der Waals surface area contributed by atoms with Crippen LogP contribution in [-0.2, 0) is 11.0 Å². The van der Waals surface area contributed by atoms with Gasteiger partial charge in [0.25, 0.3) is 0 Å². The fourth-order valence-electron chi connectivity index (χ4n) is 5.59. The second-order valence-corrected chi connectivity index (χ2v) is 9.38. The minimum absolute atomic E-state index is 0. The van der Waals surface area contributed by atoms with E-state index in [2.05, 4.69) is 10.2 Å². The van der Waals surface area contributed by atoms with Gasteiger partial charge >= 0.3 is 6.18 Å². The van der Waals surface area contributed by atoms with Crippen LogP contribution in [0, 0.1) is 17.8 Å². The Bertz CT molecular complexity index is 783. The molecule has 3 N–H and O–H groups in total. The zero-order valence-electron chi connectivity index (χ0n) is 18.4. The maximum absolute atomic E-state index is 13.1. The van der Waals surface area contributed by atoms with Gasteiger partial charge in [-0.2, -0.15) is 13.2 Å². The number of alkyl halides is 3. The number of nitrogens with zero attached hydrogens (tertiary/aromatic N) is 2. The van der Waals surface area contributed by atoms with E-state index in [4.69, 9.17) is 5.73 Å². The predicted octanol–water partition coefficient (Wildman–Crippen LogP) is 4.16. The molecule has 4 rings (SSSR count). The molecular weight excluding hydrogens is 441 g/mol. The number of nitrogens with two attached hydrogens (primary N) is 1. The van der Waals surface area contributed by atoms with E-state index in [1.807, 2.05) is 4.90 Å². The SMILES string of the molecule is Cl.Nc1ccc(N2CCN(CCCCNC(=O)C3CC4CCC3C4)CC2)cc1C(F)(F)F. The van der Waals surface area contributed by atoms with Crippen LogP contribution in [0.25, 0.3) is 0 Å². The molecule has 32 heavy (non-hydrogen) atoms. The van der Waals surface area contributed by atoms with E-state index in [1.165, 1.54) is 25.3 Å². The average molecular weight is 475 g/mol. The van der Waals surface area contributed by atoms with Crippen LogP contribution in [0.5, 0.6) is 0 Å². The maximum Gasteiger partial charge on any atom is 0.418 e. The Morgan fingerprint density at radius 2 is 1.84 bits per heavy atom. The summed E-state index contributed by atoms with van der Waals surface area (Å²) in [5, 5.41) is 3.13. The van der Waals surface area contributed by atoms with Gasteiger partial charge < -0.3 is 16.0 Å². The van der Waals surface area contributed by atoms with Crippen LogP contribution in [0.4, 0.5) is 24.5 Å². The van der Waals surface area contributed by atoms with E-state index in [9.17, 15) is 18.0 Å². The number of carbonyl (C=O) groups excluding carboxylic acids is 1. The standard InChI is InChI=1S/C23H33F3N4O.ClH/c24-23(25,26)20-15-18(5-6-21(20)27)30-11-9-29(10-12-30)8-2-1-7-28-22(31)19-14-16-3-4-17(19)13-16;/h5-6,15-17,19H,1-4,7-14,27H2,(H,28,31);1H. The molecule has 3 atom stereocenters. The summed E-state index contributed by atoms with van der Waals surface area (Å²) in [5.74, 6) is 1.91. The molecule has 2 bridgehead atoms. The van der Waals surface area contributed by atoms with Gasteiger partial charge in [0.1, 0.15) is 0 Å². The first-order valence-corrected chi connectivity index (χ1v) is 11.5. The fourth-order valence-corrected chi connectivity index (χ4v) is 5.59. The molecule has 1 heterocycles. The van der Waals surface area contributed by atoms with Crippen molar-refractivity contribution in [1.29, 1.82) is 0 Å². The van der Waals surface area contributed by atoms with Gasteiger partial charge in [0.05, 0.1) is 5.56 Å².